The van der Waals surface area contributed by atoms with E-state index in [1.807, 2.05) is 12.2 Å². The summed E-state index contributed by atoms with van der Waals surface area (Å²) in [5, 5.41) is 15.4. The number of hydrogen-bond acceptors (Lipinski definition) is 6. The van der Waals surface area contributed by atoms with Crippen LogP contribution >= 0.6 is 0 Å². The second kappa shape index (κ2) is 11.2. The summed E-state index contributed by atoms with van der Waals surface area (Å²) in [4.78, 5) is 53.9. The summed E-state index contributed by atoms with van der Waals surface area (Å²) in [5.74, 6) is -2.25. The van der Waals surface area contributed by atoms with Gasteiger partial charge in [-0.1, -0.05) is 39.3 Å². The zero-order valence-corrected chi connectivity index (χ0v) is 25.8. The lowest BCUT2D eigenvalue weighted by molar-refractivity contribution is -0.145. The van der Waals surface area contributed by atoms with E-state index in [2.05, 4.69) is 44.5 Å². The summed E-state index contributed by atoms with van der Waals surface area (Å²) in [7, 11) is -2.22. The fraction of sp³-hybridized carbons (Fsp3) is 0.786. The van der Waals surface area contributed by atoms with Gasteiger partial charge in [0.05, 0.1) is 6.10 Å². The van der Waals surface area contributed by atoms with Crippen LogP contribution in [0, 0.1) is 5.92 Å². The maximum absolute atomic E-state index is 14.0. The number of rotatable bonds is 4. The van der Waals surface area contributed by atoms with Crippen molar-refractivity contribution in [2.75, 3.05) is 6.54 Å². The molecule has 11 heteroatoms. The van der Waals surface area contributed by atoms with E-state index in [0.29, 0.717) is 25.7 Å². The molecule has 3 aliphatic rings. The average molecular weight is 566 g/mol. The van der Waals surface area contributed by atoms with Crippen molar-refractivity contribution in [1.82, 2.24) is 15.5 Å². The number of amides is 3. The lowest BCUT2D eigenvalue weighted by Gasteiger charge is -2.38. The molecule has 10 nitrogen and oxygen atoms in total. The number of allylic oxidation sites excluding steroid dienone is 1. The maximum Gasteiger partial charge on any atom is 0.408 e. The number of carboxylic acid groups (broad SMARTS) is 1. The largest absolute Gasteiger partial charge is 0.479 e. The van der Waals surface area contributed by atoms with Gasteiger partial charge in [0.2, 0.25) is 11.8 Å². The molecule has 0 aromatic carbocycles. The number of fused-ring (bicyclic) bond motifs is 2. The first-order chi connectivity index (χ1) is 17.9. The number of ether oxygens (including phenoxy) is 1. The molecule has 0 bridgehead atoms. The third-order valence-electron chi connectivity index (χ3n) is 8.33. The van der Waals surface area contributed by atoms with Crippen LogP contribution in [0.4, 0.5) is 4.79 Å². The molecule has 0 unspecified atom stereocenters. The predicted octanol–water partition coefficient (Wildman–Crippen LogP) is 3.96. The number of hydrogen-bond donors (Lipinski definition) is 3. The minimum atomic E-state index is -2.22. The van der Waals surface area contributed by atoms with E-state index < -0.39 is 49.5 Å². The lowest BCUT2D eigenvalue weighted by Crippen LogP contribution is -2.56. The molecule has 220 valence electrons. The van der Waals surface area contributed by atoms with Crippen molar-refractivity contribution in [1.29, 1.82) is 0 Å². The summed E-state index contributed by atoms with van der Waals surface area (Å²) in [5.41, 5.74) is -2.09. The highest BCUT2D eigenvalue weighted by molar-refractivity contribution is 6.74. The number of carbonyl (C=O) groups is 4. The molecule has 5 atom stereocenters. The smallest absolute Gasteiger partial charge is 0.408 e. The number of nitrogens with one attached hydrogen (secondary N) is 2. The van der Waals surface area contributed by atoms with Crippen LogP contribution in [0.1, 0.15) is 80.1 Å². The fourth-order valence-electron chi connectivity index (χ4n) is 5.01. The Morgan fingerprint density at radius 2 is 1.82 bits per heavy atom. The molecule has 39 heavy (non-hydrogen) atoms. The Morgan fingerprint density at radius 3 is 2.41 bits per heavy atom. The van der Waals surface area contributed by atoms with Crippen molar-refractivity contribution in [3.05, 3.63) is 12.2 Å². The van der Waals surface area contributed by atoms with E-state index >= 15 is 0 Å². The Kier molecular flexibility index (Phi) is 8.96. The van der Waals surface area contributed by atoms with Gasteiger partial charge in [0.25, 0.3) is 0 Å². The number of carboxylic acids is 1. The monoisotopic (exact) mass is 565 g/mol. The first kappa shape index (κ1) is 31.1. The molecule has 0 aromatic heterocycles. The third-order valence-corrected chi connectivity index (χ3v) is 12.9. The van der Waals surface area contributed by atoms with Crippen LogP contribution < -0.4 is 10.6 Å². The summed E-state index contributed by atoms with van der Waals surface area (Å²) >= 11 is 0. The van der Waals surface area contributed by atoms with Gasteiger partial charge in [-0.2, -0.15) is 0 Å². The second-order valence-corrected chi connectivity index (χ2v) is 18.5. The number of alkyl carbamates (subject to hydrolysis) is 1. The molecule has 1 aliphatic carbocycles. The number of aliphatic carboxylic acids is 1. The molecule has 1 saturated heterocycles. The van der Waals surface area contributed by atoms with Crippen LogP contribution in [0.5, 0.6) is 0 Å². The molecule has 0 spiro atoms. The minimum absolute atomic E-state index is 0.0703. The summed E-state index contributed by atoms with van der Waals surface area (Å²) in [6.45, 7) is 16.1. The van der Waals surface area contributed by atoms with Crippen LogP contribution in [0.2, 0.25) is 18.1 Å². The fourth-order valence-corrected chi connectivity index (χ4v) is 6.37. The van der Waals surface area contributed by atoms with Crippen LogP contribution in [-0.4, -0.2) is 78.1 Å². The minimum Gasteiger partial charge on any atom is -0.479 e. The highest BCUT2D eigenvalue weighted by Gasteiger charge is 2.61. The van der Waals surface area contributed by atoms with Gasteiger partial charge in [-0.3, -0.25) is 9.59 Å². The summed E-state index contributed by atoms with van der Waals surface area (Å²) in [6, 6.07) is -1.78. The van der Waals surface area contributed by atoms with Gasteiger partial charge in [0.1, 0.15) is 23.2 Å². The van der Waals surface area contributed by atoms with Crippen LogP contribution in [0.25, 0.3) is 0 Å². The SMILES string of the molecule is CC(C)(C)OC(=O)N[C@H]1CCCC/C=C\[C@@H]2C[C@@]2(C(=O)O)NC(=O)[C@@H]2C[C@@H](O[Si](C)(C)C(C)(C)C)CN2C1=O. The van der Waals surface area contributed by atoms with Crippen molar-refractivity contribution in [3.8, 4) is 0 Å². The molecule has 0 aromatic rings. The predicted molar refractivity (Wildman–Crippen MR) is 150 cm³/mol. The molecule has 0 radical (unpaired) electrons. The molecule has 1 saturated carbocycles. The van der Waals surface area contributed by atoms with Gasteiger partial charge >= 0.3 is 12.1 Å². The van der Waals surface area contributed by atoms with Crippen molar-refractivity contribution in [2.24, 2.45) is 5.92 Å². The third kappa shape index (κ3) is 7.42. The van der Waals surface area contributed by atoms with Crippen molar-refractivity contribution < 1.29 is 33.4 Å². The van der Waals surface area contributed by atoms with Crippen LogP contribution in [-0.2, 0) is 23.5 Å². The Morgan fingerprint density at radius 1 is 1.15 bits per heavy atom. The number of nitrogens with zero attached hydrogens (tertiary/aromatic N) is 1. The van der Waals surface area contributed by atoms with Gasteiger partial charge in [0, 0.05) is 18.9 Å². The Labute approximate surface area is 233 Å². The zero-order valence-electron chi connectivity index (χ0n) is 24.8. The summed E-state index contributed by atoms with van der Waals surface area (Å²) < 4.78 is 12.0. The Balaban J connectivity index is 1.92. The van der Waals surface area contributed by atoms with E-state index in [4.69, 9.17) is 9.16 Å². The van der Waals surface area contributed by atoms with Gasteiger partial charge in [0.15, 0.2) is 8.32 Å². The maximum atomic E-state index is 14.0. The van der Waals surface area contributed by atoms with E-state index in [-0.39, 0.29) is 35.9 Å². The quantitative estimate of drug-likeness (QED) is 0.347. The Bertz CT molecular complexity index is 1000. The molecule has 2 fully saturated rings. The molecular formula is C28H47N3O7Si. The van der Waals surface area contributed by atoms with Crippen molar-refractivity contribution in [2.45, 2.75) is 128 Å². The van der Waals surface area contributed by atoms with E-state index in [0.717, 1.165) is 6.42 Å². The molecule has 3 N–H and O–H groups in total. The molecule has 2 aliphatic heterocycles. The van der Waals surface area contributed by atoms with E-state index in [1.54, 1.807) is 20.8 Å². The second-order valence-electron chi connectivity index (χ2n) is 13.7. The molecular weight excluding hydrogens is 518 g/mol. The topological polar surface area (TPSA) is 134 Å². The van der Waals surface area contributed by atoms with E-state index in [9.17, 15) is 24.3 Å². The Hall–Kier alpha value is -2.40. The molecule has 3 rings (SSSR count). The number of carbonyl (C=O) groups excluding carboxylic acids is 3. The van der Waals surface area contributed by atoms with Gasteiger partial charge in [-0.15, -0.1) is 0 Å². The van der Waals surface area contributed by atoms with Crippen LogP contribution in [0.15, 0.2) is 12.2 Å². The van der Waals surface area contributed by atoms with Gasteiger partial charge in [-0.05, 0) is 64.6 Å². The van der Waals surface area contributed by atoms with E-state index in [1.165, 1.54) is 4.90 Å². The highest BCUT2D eigenvalue weighted by Crippen LogP contribution is 2.45. The zero-order chi connectivity index (χ0) is 29.4. The highest BCUT2D eigenvalue weighted by atomic mass is 28.4. The average Bonchev–Trinajstić information content (AvgIpc) is 3.31. The first-order valence-corrected chi connectivity index (χ1v) is 17.0. The van der Waals surface area contributed by atoms with Gasteiger partial charge < -0.3 is 29.8 Å². The molecule has 3 amide bonds. The van der Waals surface area contributed by atoms with Crippen molar-refractivity contribution >= 4 is 32.2 Å². The van der Waals surface area contributed by atoms with Crippen molar-refractivity contribution in [3.63, 3.8) is 0 Å². The standard InChI is InChI=1S/C28H47N3O7Si/c1-26(2,3)37-25(36)29-20-14-12-10-9-11-13-18-16-28(18,24(34)35)30-22(32)21-15-19(17-31(21)23(20)33)38-39(7,8)27(4,5)6/h11,13,18-21H,9-10,12,14-17H2,1-8H3,(H,29,36)(H,30,32)(H,34,35)/b13-11-/t18-,19-,20+,21+,28-/m1/s1. The molecule has 2 heterocycles. The summed E-state index contributed by atoms with van der Waals surface area (Å²) in [6.07, 6.45) is 5.87. The first-order valence-electron chi connectivity index (χ1n) is 14.1. The van der Waals surface area contributed by atoms with Crippen LogP contribution in [0.3, 0.4) is 0 Å². The van der Waals surface area contributed by atoms with Gasteiger partial charge in [-0.25, -0.2) is 9.59 Å². The lowest BCUT2D eigenvalue weighted by atomic mass is 10.0. The normalized spacial score (nSPS) is 31.3.